The number of hydrogen-bond donors (Lipinski definition) is 4. The van der Waals surface area contributed by atoms with Crippen molar-refractivity contribution in [2.75, 3.05) is 13.1 Å². The number of rotatable bonds is 4. The molecule has 2 fully saturated rings. The quantitative estimate of drug-likeness (QED) is 0.629. The number of halogens is 1. The Balaban J connectivity index is 1.59. The molecule has 2 saturated heterocycles. The molecule has 3 heterocycles. The number of hydrogen-bond acceptors (Lipinski definition) is 5. The van der Waals surface area contributed by atoms with Crippen molar-refractivity contribution in [3.8, 4) is 0 Å². The van der Waals surface area contributed by atoms with Gasteiger partial charge in [0.15, 0.2) is 0 Å². The van der Waals surface area contributed by atoms with E-state index in [1.165, 1.54) is 12.1 Å². The van der Waals surface area contributed by atoms with Crippen LogP contribution in [0.1, 0.15) is 23.9 Å². The molecule has 4 unspecified atom stereocenters. The van der Waals surface area contributed by atoms with Gasteiger partial charge in [0, 0.05) is 37.9 Å². The van der Waals surface area contributed by atoms with E-state index in [1.54, 1.807) is 18.3 Å². The van der Waals surface area contributed by atoms with E-state index in [-0.39, 0.29) is 29.7 Å². The Morgan fingerprint density at radius 1 is 1.42 bits per heavy atom. The van der Waals surface area contributed by atoms with Crippen LogP contribution >= 0.6 is 0 Å². The molecule has 8 heteroatoms. The van der Waals surface area contributed by atoms with E-state index in [2.05, 4.69) is 26.5 Å². The molecule has 2 aliphatic heterocycles. The van der Waals surface area contributed by atoms with Crippen molar-refractivity contribution in [2.45, 2.75) is 24.5 Å². The predicted molar refractivity (Wildman–Crippen MR) is 94.4 cm³/mol. The van der Waals surface area contributed by atoms with Gasteiger partial charge in [0.2, 0.25) is 5.91 Å². The van der Waals surface area contributed by atoms with Gasteiger partial charge in [-0.05, 0) is 30.7 Å². The normalized spacial score (nSPS) is 26.3. The fourth-order valence-electron chi connectivity index (χ4n) is 3.85. The highest BCUT2D eigenvalue weighted by molar-refractivity contribution is 5.83. The maximum atomic E-state index is 13.8. The molecule has 0 spiro atoms. The molecular formula is C18H23FN6O. The molecule has 0 saturated carbocycles. The summed E-state index contributed by atoms with van der Waals surface area (Å²) in [5.41, 5.74) is 7.01. The Labute approximate surface area is 151 Å². The first-order chi connectivity index (χ1) is 12.6. The minimum Gasteiger partial charge on any atom is -0.341 e. The summed E-state index contributed by atoms with van der Waals surface area (Å²) in [5.74, 6) is 0.380. The number of fused-ring (bicyclic) bond motifs is 1. The average Bonchev–Trinajstić information content (AvgIpc) is 3.26. The summed E-state index contributed by atoms with van der Waals surface area (Å²) in [5, 5.41) is 6.40. The minimum absolute atomic E-state index is 0.119. The Kier molecular flexibility index (Phi) is 4.71. The molecule has 138 valence electrons. The first-order valence-electron chi connectivity index (χ1n) is 8.88. The molecule has 4 atom stereocenters. The zero-order valence-electron chi connectivity index (χ0n) is 14.6. The van der Waals surface area contributed by atoms with E-state index in [1.807, 2.05) is 17.8 Å². The number of carbonyl (C=O) groups excluding carboxylic acids is 1. The summed E-state index contributed by atoms with van der Waals surface area (Å²) in [4.78, 5) is 17.4. The highest BCUT2D eigenvalue weighted by Crippen LogP contribution is 2.24. The van der Waals surface area contributed by atoms with Crippen molar-refractivity contribution < 1.29 is 9.18 Å². The number of amides is 1. The molecule has 7 nitrogen and oxygen atoms in total. The molecule has 26 heavy (non-hydrogen) atoms. The maximum Gasteiger partial charge on any atom is 0.239 e. The summed E-state index contributed by atoms with van der Waals surface area (Å²) in [6.07, 6.45) is 4.46. The van der Waals surface area contributed by atoms with Crippen molar-refractivity contribution in [1.82, 2.24) is 31.0 Å². The summed E-state index contributed by atoms with van der Waals surface area (Å²) in [6.45, 7) is 1.74. The third kappa shape index (κ3) is 3.23. The summed E-state index contributed by atoms with van der Waals surface area (Å²) in [6, 6.07) is 5.69. The van der Waals surface area contributed by atoms with Crippen LogP contribution in [0.15, 0.2) is 36.7 Å². The fourth-order valence-corrected chi connectivity index (χ4v) is 3.85. The first-order valence-corrected chi connectivity index (χ1v) is 8.88. The van der Waals surface area contributed by atoms with E-state index in [0.717, 1.165) is 19.5 Å². The van der Waals surface area contributed by atoms with Gasteiger partial charge >= 0.3 is 0 Å². The Morgan fingerprint density at radius 2 is 2.31 bits per heavy atom. The Morgan fingerprint density at radius 3 is 3.08 bits per heavy atom. The van der Waals surface area contributed by atoms with E-state index in [0.29, 0.717) is 11.4 Å². The molecular weight excluding hydrogens is 335 g/mol. The van der Waals surface area contributed by atoms with Crippen molar-refractivity contribution in [2.24, 2.45) is 13.0 Å². The second kappa shape index (κ2) is 7.14. The second-order valence-corrected chi connectivity index (χ2v) is 6.92. The highest BCUT2D eigenvalue weighted by Gasteiger charge is 2.41. The highest BCUT2D eigenvalue weighted by atomic mass is 19.1. The number of carbonyl (C=O) groups is 1. The maximum absolute atomic E-state index is 13.8. The zero-order chi connectivity index (χ0) is 18.1. The summed E-state index contributed by atoms with van der Waals surface area (Å²) in [7, 11) is 1.86. The van der Waals surface area contributed by atoms with Crippen LogP contribution in [0.3, 0.4) is 0 Å². The van der Waals surface area contributed by atoms with Gasteiger partial charge in [-0.3, -0.25) is 10.2 Å². The van der Waals surface area contributed by atoms with Crippen molar-refractivity contribution in [3.05, 3.63) is 53.9 Å². The van der Waals surface area contributed by atoms with Gasteiger partial charge in [-0.2, -0.15) is 0 Å². The standard InChI is InChI=1S/C18H23FN6O/c1-25-8-7-21-17(25)15(11-3-2-4-12(19)9-11)22-18(26)16-13-10-20-6-5-14(13)23-24-16/h2-4,7-9,13-16,20,23-24H,5-6,10H2,1H3,(H,22,26). The van der Waals surface area contributed by atoms with Gasteiger partial charge in [0.1, 0.15) is 23.7 Å². The van der Waals surface area contributed by atoms with Crippen molar-refractivity contribution >= 4 is 5.91 Å². The van der Waals surface area contributed by atoms with Crippen LogP contribution in [0, 0.1) is 11.7 Å². The number of imidazole rings is 1. The molecule has 0 aliphatic carbocycles. The van der Waals surface area contributed by atoms with Gasteiger partial charge < -0.3 is 15.2 Å². The molecule has 2 aliphatic rings. The molecule has 1 aromatic heterocycles. The monoisotopic (exact) mass is 358 g/mol. The van der Waals surface area contributed by atoms with Gasteiger partial charge in [-0.1, -0.05) is 12.1 Å². The largest absolute Gasteiger partial charge is 0.341 e. The number of aromatic nitrogens is 2. The Bertz CT molecular complexity index is 793. The number of aryl methyl sites for hydroxylation is 1. The lowest BCUT2D eigenvalue weighted by atomic mass is 9.89. The Hall–Kier alpha value is -2.29. The molecule has 1 aromatic carbocycles. The lowest BCUT2D eigenvalue weighted by Gasteiger charge is -2.28. The van der Waals surface area contributed by atoms with Crippen LogP contribution in [-0.2, 0) is 11.8 Å². The second-order valence-electron chi connectivity index (χ2n) is 6.92. The SMILES string of the molecule is Cn1ccnc1C(NC(=O)C1NNC2CCNCC21)c1cccc(F)c1. The van der Waals surface area contributed by atoms with E-state index in [9.17, 15) is 9.18 Å². The molecule has 0 radical (unpaired) electrons. The van der Waals surface area contributed by atoms with Crippen LogP contribution in [-0.4, -0.2) is 40.6 Å². The number of hydrazine groups is 1. The third-order valence-corrected chi connectivity index (χ3v) is 5.25. The molecule has 4 rings (SSSR count). The third-order valence-electron chi connectivity index (χ3n) is 5.25. The van der Waals surface area contributed by atoms with Gasteiger partial charge in [0.25, 0.3) is 0 Å². The van der Waals surface area contributed by atoms with Gasteiger partial charge in [0.05, 0.1) is 0 Å². The lowest BCUT2D eigenvalue weighted by molar-refractivity contribution is -0.124. The minimum atomic E-state index is -0.518. The van der Waals surface area contributed by atoms with Gasteiger partial charge in [-0.15, -0.1) is 0 Å². The lowest BCUT2D eigenvalue weighted by Crippen LogP contribution is -2.50. The van der Waals surface area contributed by atoms with Gasteiger partial charge in [-0.25, -0.2) is 14.8 Å². The number of piperidine rings is 1. The summed E-state index contributed by atoms with van der Waals surface area (Å²) < 4.78 is 15.6. The van der Waals surface area contributed by atoms with E-state index < -0.39 is 6.04 Å². The number of nitrogens with zero attached hydrogens (tertiary/aromatic N) is 2. The molecule has 0 bridgehead atoms. The van der Waals surface area contributed by atoms with Crippen molar-refractivity contribution in [3.63, 3.8) is 0 Å². The average molecular weight is 358 g/mol. The molecule has 4 N–H and O–H groups in total. The number of benzene rings is 1. The predicted octanol–water partition coefficient (Wildman–Crippen LogP) is 0.219. The van der Waals surface area contributed by atoms with Crippen LogP contribution in [0.25, 0.3) is 0 Å². The molecule has 2 aromatic rings. The fraction of sp³-hybridized carbons (Fsp3) is 0.444. The van der Waals surface area contributed by atoms with Crippen LogP contribution < -0.4 is 21.5 Å². The topological polar surface area (TPSA) is 83.0 Å². The van der Waals surface area contributed by atoms with E-state index >= 15 is 0 Å². The molecule has 1 amide bonds. The van der Waals surface area contributed by atoms with E-state index in [4.69, 9.17) is 0 Å². The first kappa shape index (κ1) is 17.1. The zero-order valence-corrected chi connectivity index (χ0v) is 14.6. The smallest absolute Gasteiger partial charge is 0.239 e. The number of nitrogens with one attached hydrogen (secondary N) is 4. The summed E-state index contributed by atoms with van der Waals surface area (Å²) >= 11 is 0. The van der Waals surface area contributed by atoms with Crippen LogP contribution in [0.4, 0.5) is 4.39 Å². The van der Waals surface area contributed by atoms with Crippen molar-refractivity contribution in [1.29, 1.82) is 0 Å². The van der Waals surface area contributed by atoms with Crippen LogP contribution in [0.2, 0.25) is 0 Å². The van der Waals surface area contributed by atoms with Crippen LogP contribution in [0.5, 0.6) is 0 Å².